The fraction of sp³-hybridized carbons (Fsp3) is 0.316. The van der Waals surface area contributed by atoms with Crippen molar-refractivity contribution < 1.29 is 9.84 Å². The molecule has 0 saturated carbocycles. The molecule has 3 aromatic rings. The molecule has 6 heteroatoms. The predicted molar refractivity (Wildman–Crippen MR) is 106 cm³/mol. The number of H-pyrrole nitrogens is 1. The van der Waals surface area contributed by atoms with Gasteiger partial charge in [-0.05, 0) is 43.2 Å². The molecule has 1 radical (unpaired) electrons. The summed E-state index contributed by atoms with van der Waals surface area (Å²) in [7, 11) is -1.04. The van der Waals surface area contributed by atoms with Crippen LogP contribution in [0.2, 0.25) is 6.82 Å². The lowest BCUT2D eigenvalue weighted by atomic mass is 9.68. The number of fused-ring (bicyclic) bond motifs is 1. The second-order valence-corrected chi connectivity index (χ2v) is 8.60. The van der Waals surface area contributed by atoms with Gasteiger partial charge in [-0.3, -0.25) is 0 Å². The van der Waals surface area contributed by atoms with E-state index in [2.05, 4.69) is 32.2 Å². The maximum Gasteiger partial charge on any atom is 0.178 e. The lowest BCUT2D eigenvalue weighted by molar-refractivity contribution is 0.597. The van der Waals surface area contributed by atoms with Crippen LogP contribution in [-0.2, 0) is 16.3 Å². The molecule has 0 amide bonds. The Morgan fingerprint density at radius 2 is 1.88 bits per heavy atom. The molecule has 1 aromatic heterocycles. The van der Waals surface area contributed by atoms with Gasteiger partial charge in [0.15, 0.2) is 9.84 Å². The smallest absolute Gasteiger partial charge is 0.178 e. The van der Waals surface area contributed by atoms with E-state index in [1.54, 1.807) is 19.1 Å². The van der Waals surface area contributed by atoms with Gasteiger partial charge in [-0.2, -0.15) is 0 Å². The summed E-state index contributed by atoms with van der Waals surface area (Å²) in [5.41, 5.74) is 6.73. The Morgan fingerprint density at radius 1 is 1.20 bits per heavy atom. The summed E-state index contributed by atoms with van der Waals surface area (Å²) in [4.78, 5) is 8.51. The van der Waals surface area contributed by atoms with Gasteiger partial charge in [0.25, 0.3) is 0 Å². The van der Waals surface area contributed by atoms with Gasteiger partial charge >= 0.3 is 0 Å². The highest BCUT2D eigenvalue weighted by atomic mass is 32.2. The number of aryl methyl sites for hydroxylation is 2. The Labute approximate surface area is 151 Å². The second-order valence-electron chi connectivity index (χ2n) is 6.32. The molecule has 0 fully saturated rings. The van der Waals surface area contributed by atoms with Gasteiger partial charge in [0.05, 0.1) is 21.7 Å². The summed E-state index contributed by atoms with van der Waals surface area (Å²) in [6, 6.07) is 9.20. The number of aromatic amines is 1. The number of benzene rings is 2. The van der Waals surface area contributed by atoms with Crippen LogP contribution in [0.3, 0.4) is 0 Å². The van der Waals surface area contributed by atoms with Crippen molar-refractivity contribution in [2.24, 2.45) is 0 Å². The molecular weight excluding hydrogens is 331 g/mol. The van der Waals surface area contributed by atoms with Crippen LogP contribution in [0.1, 0.15) is 30.9 Å². The fourth-order valence-corrected chi connectivity index (χ4v) is 4.13. The third kappa shape index (κ3) is 3.36. The third-order valence-electron chi connectivity index (χ3n) is 4.65. The van der Waals surface area contributed by atoms with E-state index in [1.165, 1.54) is 16.6 Å². The van der Waals surface area contributed by atoms with Crippen LogP contribution < -0.4 is 5.46 Å². The molecule has 0 unspecified atom stereocenters. The first-order valence-electron chi connectivity index (χ1n) is 8.45. The maximum absolute atomic E-state index is 11.9. The number of aromatic nitrogens is 2. The van der Waals surface area contributed by atoms with Crippen LogP contribution in [-0.4, -0.2) is 31.4 Å². The molecule has 0 atom stereocenters. The molecule has 0 aliphatic heterocycles. The van der Waals surface area contributed by atoms with Crippen molar-refractivity contribution in [3.63, 3.8) is 0 Å². The van der Waals surface area contributed by atoms with Gasteiger partial charge in [-0.15, -0.1) is 0 Å². The van der Waals surface area contributed by atoms with E-state index in [9.17, 15) is 8.42 Å². The van der Waals surface area contributed by atoms with E-state index in [-0.39, 0.29) is 7.18 Å². The standard InChI is InChI=1S/C19H22BN2O2S.H2/c1-5-25(23,24)15-8-6-14(7-9-15)11-17-21-16-10-12(2)18(20-4)13(3)19(16)22-17;/h6-10H,5,11H2,1-4H3,(H,21,22);1H. The van der Waals surface area contributed by atoms with E-state index in [0.717, 1.165) is 22.4 Å². The minimum atomic E-state index is -3.15. The summed E-state index contributed by atoms with van der Waals surface area (Å²) < 4.78 is 23.8. The van der Waals surface area contributed by atoms with Gasteiger partial charge in [0.1, 0.15) is 13.1 Å². The fourth-order valence-electron chi connectivity index (χ4n) is 3.25. The lowest BCUT2D eigenvalue weighted by Crippen LogP contribution is -2.18. The Bertz CT molecular complexity index is 1030. The Balaban J connectivity index is 0.00000243. The van der Waals surface area contributed by atoms with Gasteiger partial charge in [-0.25, -0.2) is 13.4 Å². The molecule has 0 aliphatic rings. The van der Waals surface area contributed by atoms with Crippen LogP contribution >= 0.6 is 0 Å². The highest BCUT2D eigenvalue weighted by molar-refractivity contribution is 7.91. The number of hydrogen-bond acceptors (Lipinski definition) is 3. The van der Waals surface area contributed by atoms with E-state index < -0.39 is 9.84 Å². The van der Waals surface area contributed by atoms with Crippen molar-refractivity contribution in [1.82, 2.24) is 9.97 Å². The SMILES string of the molecule is C[B]c1c(C)cc2[nH]c(Cc3ccc(S(=O)(=O)CC)cc3)nc2c1C.[HH]. The molecule has 1 N–H and O–H groups in total. The molecule has 0 saturated heterocycles. The average Bonchev–Trinajstić information content (AvgIpc) is 2.98. The summed E-state index contributed by atoms with van der Waals surface area (Å²) in [6.45, 7) is 7.90. The molecule has 1 heterocycles. The molecule has 0 spiro atoms. The van der Waals surface area contributed by atoms with Gasteiger partial charge in [-0.1, -0.05) is 36.9 Å². The Hall–Kier alpha value is -2.08. The highest BCUT2D eigenvalue weighted by Crippen LogP contribution is 2.19. The number of hydrogen-bond donors (Lipinski definition) is 1. The largest absolute Gasteiger partial charge is 0.342 e. The molecule has 4 nitrogen and oxygen atoms in total. The maximum atomic E-state index is 11.9. The molecule has 0 aliphatic carbocycles. The highest BCUT2D eigenvalue weighted by Gasteiger charge is 2.13. The first kappa shape index (κ1) is 17.7. The molecular formula is C19H24BN2O2S. The van der Waals surface area contributed by atoms with Crippen LogP contribution in [0.5, 0.6) is 0 Å². The zero-order chi connectivity index (χ0) is 18.2. The topological polar surface area (TPSA) is 62.8 Å². The zero-order valence-corrected chi connectivity index (χ0v) is 15.9. The van der Waals surface area contributed by atoms with Crippen molar-refractivity contribution >= 4 is 33.6 Å². The lowest BCUT2D eigenvalue weighted by Gasteiger charge is -2.07. The summed E-state index contributed by atoms with van der Waals surface area (Å²) >= 11 is 0. The number of nitrogens with one attached hydrogen (secondary N) is 1. The molecule has 25 heavy (non-hydrogen) atoms. The normalized spacial score (nSPS) is 11.8. The average molecular weight is 355 g/mol. The van der Waals surface area contributed by atoms with Crippen LogP contribution in [0.25, 0.3) is 11.0 Å². The molecule has 2 aromatic carbocycles. The van der Waals surface area contributed by atoms with E-state index in [0.29, 0.717) is 11.3 Å². The monoisotopic (exact) mass is 355 g/mol. The Kier molecular flexibility index (Phi) is 4.74. The van der Waals surface area contributed by atoms with Gasteiger partial charge in [0, 0.05) is 7.85 Å². The summed E-state index contributed by atoms with van der Waals surface area (Å²) in [5.74, 6) is 1.00. The van der Waals surface area contributed by atoms with Crippen molar-refractivity contribution in [3.05, 3.63) is 52.8 Å². The first-order valence-corrected chi connectivity index (χ1v) is 10.1. The quantitative estimate of drug-likeness (QED) is 0.715. The van der Waals surface area contributed by atoms with Crippen LogP contribution in [0.4, 0.5) is 0 Å². The summed E-state index contributed by atoms with van der Waals surface area (Å²) in [5, 5.41) is 0. The molecule has 0 bridgehead atoms. The number of sulfone groups is 1. The first-order chi connectivity index (χ1) is 11.9. The van der Waals surface area contributed by atoms with E-state index in [1.807, 2.05) is 19.0 Å². The van der Waals surface area contributed by atoms with Crippen molar-refractivity contribution in [2.45, 2.75) is 38.9 Å². The molecule has 3 rings (SSSR count). The van der Waals surface area contributed by atoms with Crippen molar-refractivity contribution in [2.75, 3.05) is 5.75 Å². The zero-order valence-electron chi connectivity index (χ0n) is 15.1. The third-order valence-corrected chi connectivity index (χ3v) is 6.40. The number of imidazole rings is 1. The van der Waals surface area contributed by atoms with Crippen LogP contribution in [0, 0.1) is 13.8 Å². The molecule has 131 valence electrons. The Morgan fingerprint density at radius 3 is 2.48 bits per heavy atom. The van der Waals surface area contributed by atoms with E-state index >= 15 is 0 Å². The van der Waals surface area contributed by atoms with E-state index in [4.69, 9.17) is 4.98 Å². The minimum absolute atomic E-state index is 0. The minimum Gasteiger partial charge on any atom is -0.342 e. The van der Waals surface area contributed by atoms with Gasteiger partial charge in [0.2, 0.25) is 0 Å². The predicted octanol–water partition coefficient (Wildman–Crippen LogP) is 3.19. The van der Waals surface area contributed by atoms with Gasteiger partial charge < -0.3 is 4.98 Å². The van der Waals surface area contributed by atoms with Crippen LogP contribution in [0.15, 0.2) is 35.2 Å². The second kappa shape index (κ2) is 6.67. The number of rotatable bonds is 5. The van der Waals surface area contributed by atoms with Crippen molar-refractivity contribution in [3.8, 4) is 0 Å². The summed E-state index contributed by atoms with van der Waals surface area (Å²) in [6.07, 6.45) is 0.644. The van der Waals surface area contributed by atoms with Crippen molar-refractivity contribution in [1.29, 1.82) is 0 Å². The number of nitrogens with zero attached hydrogens (tertiary/aromatic N) is 1.